The smallest absolute Gasteiger partial charge is 0.252 e. The molecule has 7 nitrogen and oxygen atoms in total. The molecule has 0 spiro atoms. The number of aryl methyl sites for hydroxylation is 1. The molecule has 0 aliphatic carbocycles. The van der Waals surface area contributed by atoms with Gasteiger partial charge in [-0.2, -0.15) is 5.10 Å². The van der Waals surface area contributed by atoms with Crippen molar-refractivity contribution in [2.45, 2.75) is 32.2 Å². The lowest BCUT2D eigenvalue weighted by Crippen LogP contribution is -2.36. The zero-order chi connectivity index (χ0) is 14.8. The van der Waals surface area contributed by atoms with E-state index in [9.17, 15) is 4.79 Å². The molecule has 7 heteroatoms. The van der Waals surface area contributed by atoms with E-state index in [1.807, 2.05) is 23.9 Å². The first-order valence-electron chi connectivity index (χ1n) is 7.31. The third kappa shape index (κ3) is 2.91. The highest BCUT2D eigenvalue weighted by molar-refractivity contribution is 5.38. The molecule has 0 unspecified atom stereocenters. The van der Waals surface area contributed by atoms with E-state index in [0.717, 1.165) is 44.0 Å². The van der Waals surface area contributed by atoms with E-state index in [-0.39, 0.29) is 5.56 Å². The SMILES string of the molecule is CCc1nc(N2CCC(n3ccc(N)n3)CC2)cc(=O)[nH]1. The molecule has 3 heterocycles. The lowest BCUT2D eigenvalue weighted by Gasteiger charge is -2.32. The monoisotopic (exact) mass is 288 g/mol. The van der Waals surface area contributed by atoms with Gasteiger partial charge in [0.1, 0.15) is 17.5 Å². The number of H-pyrrole nitrogens is 1. The van der Waals surface area contributed by atoms with Crippen molar-refractivity contribution < 1.29 is 0 Å². The summed E-state index contributed by atoms with van der Waals surface area (Å²) in [5.74, 6) is 2.06. The van der Waals surface area contributed by atoms with Crippen LogP contribution in [0.3, 0.4) is 0 Å². The maximum absolute atomic E-state index is 11.7. The highest BCUT2D eigenvalue weighted by Gasteiger charge is 2.22. The highest BCUT2D eigenvalue weighted by Crippen LogP contribution is 2.24. The molecule has 0 aromatic carbocycles. The zero-order valence-corrected chi connectivity index (χ0v) is 12.1. The number of nitrogens with one attached hydrogen (secondary N) is 1. The van der Waals surface area contributed by atoms with E-state index in [4.69, 9.17) is 5.73 Å². The third-order valence-electron chi connectivity index (χ3n) is 3.90. The van der Waals surface area contributed by atoms with E-state index in [1.165, 1.54) is 0 Å². The van der Waals surface area contributed by atoms with Crippen LogP contribution in [0, 0.1) is 0 Å². The standard InChI is InChI=1S/C14H20N6O/c1-2-12-16-13(9-14(21)17-12)19-6-3-10(4-7-19)20-8-5-11(15)18-20/h5,8-10H,2-4,6-7H2,1H3,(H2,15,18)(H,16,17,21). The van der Waals surface area contributed by atoms with E-state index in [1.54, 1.807) is 6.07 Å². The number of hydrogen-bond acceptors (Lipinski definition) is 5. The molecule has 0 saturated carbocycles. The van der Waals surface area contributed by atoms with Crippen LogP contribution in [0.15, 0.2) is 23.1 Å². The molecule has 21 heavy (non-hydrogen) atoms. The summed E-state index contributed by atoms with van der Waals surface area (Å²) in [5.41, 5.74) is 5.58. The van der Waals surface area contributed by atoms with Crippen LogP contribution in [-0.4, -0.2) is 32.8 Å². The van der Waals surface area contributed by atoms with Crippen molar-refractivity contribution in [2.24, 2.45) is 0 Å². The lowest BCUT2D eigenvalue weighted by atomic mass is 10.1. The van der Waals surface area contributed by atoms with E-state index in [0.29, 0.717) is 11.9 Å². The number of nitrogens with zero attached hydrogens (tertiary/aromatic N) is 4. The second-order valence-electron chi connectivity index (χ2n) is 5.34. The summed E-state index contributed by atoms with van der Waals surface area (Å²) < 4.78 is 1.94. The first kappa shape index (κ1) is 13.7. The summed E-state index contributed by atoms with van der Waals surface area (Å²) >= 11 is 0. The van der Waals surface area contributed by atoms with Crippen molar-refractivity contribution in [2.75, 3.05) is 23.7 Å². The molecular weight excluding hydrogens is 268 g/mol. The van der Waals surface area contributed by atoms with Crippen molar-refractivity contribution in [3.8, 4) is 0 Å². The van der Waals surface area contributed by atoms with Crippen molar-refractivity contribution in [1.29, 1.82) is 0 Å². The Labute approximate surface area is 122 Å². The maximum atomic E-state index is 11.7. The van der Waals surface area contributed by atoms with E-state index < -0.39 is 0 Å². The van der Waals surface area contributed by atoms with Gasteiger partial charge in [0, 0.05) is 31.8 Å². The lowest BCUT2D eigenvalue weighted by molar-refractivity contribution is 0.366. The van der Waals surface area contributed by atoms with Gasteiger partial charge in [-0.3, -0.25) is 9.48 Å². The fourth-order valence-corrected chi connectivity index (χ4v) is 2.74. The van der Waals surface area contributed by atoms with Crippen LogP contribution < -0.4 is 16.2 Å². The van der Waals surface area contributed by atoms with Gasteiger partial charge in [-0.15, -0.1) is 0 Å². The largest absolute Gasteiger partial charge is 0.382 e. The highest BCUT2D eigenvalue weighted by atomic mass is 16.1. The van der Waals surface area contributed by atoms with E-state index >= 15 is 0 Å². The molecule has 2 aromatic heterocycles. The number of hydrogen-bond donors (Lipinski definition) is 2. The average molecular weight is 288 g/mol. The zero-order valence-electron chi connectivity index (χ0n) is 12.1. The molecule has 3 rings (SSSR count). The van der Waals surface area contributed by atoms with Crippen LogP contribution in [0.5, 0.6) is 0 Å². The van der Waals surface area contributed by atoms with Crippen LogP contribution in [-0.2, 0) is 6.42 Å². The van der Waals surface area contributed by atoms with Gasteiger partial charge in [0.25, 0.3) is 5.56 Å². The molecule has 1 aliphatic rings. The number of nitrogens with two attached hydrogens (primary N) is 1. The van der Waals surface area contributed by atoms with Gasteiger partial charge in [-0.1, -0.05) is 6.92 Å². The molecular formula is C14H20N6O. The normalized spacial score (nSPS) is 16.3. The van der Waals surface area contributed by atoms with Crippen LogP contribution in [0.1, 0.15) is 31.6 Å². The van der Waals surface area contributed by atoms with Gasteiger partial charge in [0.05, 0.1) is 6.04 Å². The summed E-state index contributed by atoms with van der Waals surface area (Å²) in [4.78, 5) is 21.1. The second kappa shape index (κ2) is 5.59. The average Bonchev–Trinajstić information content (AvgIpc) is 2.93. The van der Waals surface area contributed by atoms with Gasteiger partial charge < -0.3 is 15.6 Å². The number of aromatic nitrogens is 4. The number of aromatic amines is 1. The summed E-state index contributed by atoms with van der Waals surface area (Å²) in [6, 6.07) is 3.76. The molecule has 2 aromatic rings. The molecule has 1 saturated heterocycles. The summed E-state index contributed by atoms with van der Waals surface area (Å²) in [5, 5.41) is 4.28. The molecule has 0 amide bonds. The molecule has 0 bridgehead atoms. The Hall–Kier alpha value is -2.31. The molecule has 0 atom stereocenters. The van der Waals surface area contributed by atoms with Gasteiger partial charge >= 0.3 is 0 Å². The predicted octanol–water partition coefficient (Wildman–Crippen LogP) is 0.952. The van der Waals surface area contributed by atoms with E-state index in [2.05, 4.69) is 20.0 Å². The van der Waals surface area contributed by atoms with Crippen LogP contribution in [0.25, 0.3) is 0 Å². The Morgan fingerprint density at radius 3 is 2.81 bits per heavy atom. The fraction of sp³-hybridized carbons (Fsp3) is 0.500. The Bertz CT molecular complexity index is 668. The second-order valence-corrected chi connectivity index (χ2v) is 5.34. The first-order valence-corrected chi connectivity index (χ1v) is 7.31. The molecule has 1 aliphatic heterocycles. The minimum absolute atomic E-state index is 0.0844. The molecule has 3 N–H and O–H groups in total. The Kier molecular flexibility index (Phi) is 3.64. The summed E-state index contributed by atoms with van der Waals surface area (Å²) in [6.07, 6.45) is 4.59. The van der Waals surface area contributed by atoms with Gasteiger partial charge in [0.2, 0.25) is 0 Å². The Balaban J connectivity index is 1.71. The van der Waals surface area contributed by atoms with Crippen LogP contribution in [0.4, 0.5) is 11.6 Å². The molecule has 112 valence electrons. The quantitative estimate of drug-likeness (QED) is 0.877. The van der Waals surface area contributed by atoms with Crippen molar-refractivity contribution in [1.82, 2.24) is 19.7 Å². The minimum atomic E-state index is -0.0844. The maximum Gasteiger partial charge on any atom is 0.252 e. The number of rotatable bonds is 3. The van der Waals surface area contributed by atoms with Crippen LogP contribution in [0.2, 0.25) is 0 Å². The first-order chi connectivity index (χ1) is 10.2. The number of nitrogen functional groups attached to an aromatic ring is 1. The molecule has 1 fully saturated rings. The Morgan fingerprint density at radius 1 is 1.43 bits per heavy atom. The van der Waals surface area contributed by atoms with Crippen LogP contribution >= 0.6 is 0 Å². The molecule has 0 radical (unpaired) electrons. The fourth-order valence-electron chi connectivity index (χ4n) is 2.74. The summed E-state index contributed by atoms with van der Waals surface area (Å²) in [7, 11) is 0. The predicted molar refractivity (Wildman–Crippen MR) is 81.4 cm³/mol. The van der Waals surface area contributed by atoms with Crippen molar-refractivity contribution in [3.63, 3.8) is 0 Å². The van der Waals surface area contributed by atoms with Crippen molar-refractivity contribution >= 4 is 11.6 Å². The topological polar surface area (TPSA) is 92.8 Å². The van der Waals surface area contributed by atoms with Gasteiger partial charge in [-0.05, 0) is 18.9 Å². The van der Waals surface area contributed by atoms with Gasteiger partial charge in [0.15, 0.2) is 0 Å². The number of piperidine rings is 1. The number of anilines is 2. The minimum Gasteiger partial charge on any atom is -0.382 e. The summed E-state index contributed by atoms with van der Waals surface area (Å²) in [6.45, 7) is 3.71. The third-order valence-corrected chi connectivity index (χ3v) is 3.90. The van der Waals surface area contributed by atoms with Crippen molar-refractivity contribution in [3.05, 3.63) is 34.5 Å². The van der Waals surface area contributed by atoms with Gasteiger partial charge in [-0.25, -0.2) is 4.98 Å². The Morgan fingerprint density at radius 2 is 2.19 bits per heavy atom.